The lowest BCUT2D eigenvalue weighted by Gasteiger charge is -2.06. The van der Waals surface area contributed by atoms with E-state index in [1.54, 1.807) is 24.3 Å². The van der Waals surface area contributed by atoms with Gasteiger partial charge >= 0.3 is 0 Å². The van der Waals surface area contributed by atoms with Crippen LogP contribution in [0, 0.1) is 6.92 Å². The number of aromatic nitrogens is 3. The molecule has 1 amide bonds. The van der Waals surface area contributed by atoms with E-state index in [4.69, 9.17) is 0 Å². The van der Waals surface area contributed by atoms with Crippen molar-refractivity contribution in [1.29, 1.82) is 0 Å². The summed E-state index contributed by atoms with van der Waals surface area (Å²) in [5, 5.41) is 11.9. The summed E-state index contributed by atoms with van der Waals surface area (Å²) in [7, 11) is 1.90. The Morgan fingerprint density at radius 2 is 1.78 bits per heavy atom. The molecule has 6 nitrogen and oxygen atoms in total. The second kappa shape index (κ2) is 8.18. The Bertz CT molecular complexity index is 980. The molecule has 0 aliphatic carbocycles. The van der Waals surface area contributed by atoms with Crippen molar-refractivity contribution in [3.05, 3.63) is 59.7 Å². The van der Waals surface area contributed by atoms with Gasteiger partial charge in [0.05, 0.1) is 5.75 Å². The van der Waals surface area contributed by atoms with E-state index in [0.717, 1.165) is 17.0 Å². The van der Waals surface area contributed by atoms with E-state index < -0.39 is 0 Å². The van der Waals surface area contributed by atoms with Crippen LogP contribution in [-0.4, -0.2) is 32.2 Å². The van der Waals surface area contributed by atoms with Crippen molar-refractivity contribution in [3.8, 4) is 11.4 Å². The molecule has 0 aliphatic heterocycles. The first-order valence-electron chi connectivity index (χ1n) is 8.44. The number of rotatable bonds is 6. The maximum absolute atomic E-state index is 12.4. The van der Waals surface area contributed by atoms with Gasteiger partial charge in [0.2, 0.25) is 5.91 Å². The topological polar surface area (TPSA) is 76.9 Å². The predicted molar refractivity (Wildman–Crippen MR) is 107 cm³/mol. The number of Topliss-reactive ketones (excluding diaryl/α,β-unsaturated/α-hetero) is 1. The Kier molecular flexibility index (Phi) is 5.71. The van der Waals surface area contributed by atoms with Crippen LogP contribution in [0.4, 0.5) is 5.69 Å². The lowest BCUT2D eigenvalue weighted by Crippen LogP contribution is -2.07. The summed E-state index contributed by atoms with van der Waals surface area (Å²) < 4.78 is 1.90. The lowest BCUT2D eigenvalue weighted by atomic mass is 10.1. The zero-order valence-electron chi connectivity index (χ0n) is 15.4. The highest BCUT2D eigenvalue weighted by Gasteiger charge is 2.15. The number of anilines is 1. The van der Waals surface area contributed by atoms with Gasteiger partial charge in [0.1, 0.15) is 0 Å². The van der Waals surface area contributed by atoms with Crippen LogP contribution in [0.25, 0.3) is 11.4 Å². The van der Waals surface area contributed by atoms with Gasteiger partial charge in [-0.3, -0.25) is 9.59 Å². The molecule has 0 unspecified atom stereocenters. The van der Waals surface area contributed by atoms with Crippen LogP contribution in [0.15, 0.2) is 53.7 Å². The van der Waals surface area contributed by atoms with Crippen LogP contribution in [0.3, 0.4) is 0 Å². The van der Waals surface area contributed by atoms with Gasteiger partial charge in [0, 0.05) is 30.8 Å². The van der Waals surface area contributed by atoms with E-state index in [2.05, 4.69) is 15.5 Å². The van der Waals surface area contributed by atoms with E-state index in [1.165, 1.54) is 18.7 Å². The SMILES string of the molecule is CC(=O)Nc1ccc(C(=O)CSc2nnc(-c3ccccc3C)n2C)cc1. The molecule has 2 aromatic carbocycles. The monoisotopic (exact) mass is 380 g/mol. The van der Waals surface area contributed by atoms with Gasteiger partial charge in [-0.25, -0.2) is 0 Å². The fraction of sp³-hybridized carbons (Fsp3) is 0.200. The number of amides is 1. The highest BCUT2D eigenvalue weighted by molar-refractivity contribution is 7.99. The molecule has 1 heterocycles. The fourth-order valence-corrected chi connectivity index (χ4v) is 3.46. The van der Waals surface area contributed by atoms with Crippen molar-refractivity contribution >= 4 is 29.1 Å². The van der Waals surface area contributed by atoms with Crippen molar-refractivity contribution in [1.82, 2.24) is 14.8 Å². The standard InChI is InChI=1S/C20H20N4O2S/c1-13-6-4-5-7-17(13)19-22-23-20(24(19)3)27-12-18(26)15-8-10-16(11-9-15)21-14(2)25/h4-11H,12H2,1-3H3,(H,21,25). The van der Waals surface area contributed by atoms with Crippen molar-refractivity contribution in [2.24, 2.45) is 7.05 Å². The Labute approximate surface area is 162 Å². The molecule has 0 aliphatic rings. The molecule has 3 rings (SSSR count). The summed E-state index contributed by atoms with van der Waals surface area (Å²) in [6, 6.07) is 14.9. The normalized spacial score (nSPS) is 10.6. The average molecular weight is 380 g/mol. The number of thioether (sulfide) groups is 1. The Hall–Kier alpha value is -2.93. The van der Waals surface area contributed by atoms with Crippen LogP contribution < -0.4 is 5.32 Å². The Balaban J connectivity index is 1.68. The van der Waals surface area contributed by atoms with E-state index in [9.17, 15) is 9.59 Å². The van der Waals surface area contributed by atoms with E-state index in [1.807, 2.05) is 42.8 Å². The summed E-state index contributed by atoms with van der Waals surface area (Å²) in [5.41, 5.74) is 3.42. The highest BCUT2D eigenvalue weighted by Crippen LogP contribution is 2.25. The van der Waals surface area contributed by atoms with Crippen molar-refractivity contribution in [2.45, 2.75) is 19.0 Å². The predicted octanol–water partition coefficient (Wildman–Crippen LogP) is 3.72. The molecular formula is C20H20N4O2S. The van der Waals surface area contributed by atoms with Gasteiger partial charge in [-0.1, -0.05) is 36.0 Å². The molecule has 138 valence electrons. The first kappa shape index (κ1) is 18.8. The molecular weight excluding hydrogens is 360 g/mol. The van der Waals surface area contributed by atoms with Gasteiger partial charge < -0.3 is 9.88 Å². The number of hydrogen-bond donors (Lipinski definition) is 1. The number of carbonyl (C=O) groups is 2. The number of carbonyl (C=O) groups excluding carboxylic acids is 2. The van der Waals surface area contributed by atoms with E-state index in [0.29, 0.717) is 16.4 Å². The maximum atomic E-state index is 12.4. The van der Waals surface area contributed by atoms with Crippen LogP contribution in [0.5, 0.6) is 0 Å². The minimum Gasteiger partial charge on any atom is -0.326 e. The highest BCUT2D eigenvalue weighted by atomic mass is 32.2. The summed E-state index contributed by atoms with van der Waals surface area (Å²) >= 11 is 1.36. The van der Waals surface area contributed by atoms with Gasteiger partial charge in [-0.05, 0) is 36.8 Å². The zero-order valence-corrected chi connectivity index (χ0v) is 16.2. The van der Waals surface area contributed by atoms with Gasteiger partial charge in [-0.2, -0.15) is 0 Å². The molecule has 0 fully saturated rings. The first-order chi connectivity index (χ1) is 13.0. The zero-order chi connectivity index (χ0) is 19.4. The molecule has 0 saturated heterocycles. The second-order valence-electron chi connectivity index (χ2n) is 6.15. The number of nitrogens with zero attached hydrogens (tertiary/aromatic N) is 3. The first-order valence-corrected chi connectivity index (χ1v) is 9.43. The van der Waals surface area contributed by atoms with E-state index >= 15 is 0 Å². The molecule has 0 radical (unpaired) electrons. The van der Waals surface area contributed by atoms with E-state index in [-0.39, 0.29) is 17.4 Å². The van der Waals surface area contributed by atoms with Crippen LogP contribution in [0.2, 0.25) is 0 Å². The van der Waals surface area contributed by atoms with Gasteiger partial charge in [0.15, 0.2) is 16.8 Å². The summed E-state index contributed by atoms with van der Waals surface area (Å²) in [6.45, 7) is 3.48. The molecule has 1 aromatic heterocycles. The minimum atomic E-state index is -0.142. The molecule has 0 atom stereocenters. The van der Waals surface area contributed by atoms with Crippen molar-refractivity contribution < 1.29 is 9.59 Å². The average Bonchev–Trinajstić information content (AvgIpc) is 3.01. The smallest absolute Gasteiger partial charge is 0.221 e. The van der Waals surface area contributed by atoms with Gasteiger partial charge in [0.25, 0.3) is 0 Å². The van der Waals surface area contributed by atoms with Crippen molar-refractivity contribution in [3.63, 3.8) is 0 Å². The van der Waals surface area contributed by atoms with Crippen LogP contribution in [-0.2, 0) is 11.8 Å². The third-order valence-corrected chi connectivity index (χ3v) is 5.10. The molecule has 7 heteroatoms. The Morgan fingerprint density at radius 3 is 2.44 bits per heavy atom. The number of ketones is 1. The Morgan fingerprint density at radius 1 is 1.07 bits per heavy atom. The number of nitrogens with one attached hydrogen (secondary N) is 1. The number of hydrogen-bond acceptors (Lipinski definition) is 5. The molecule has 0 spiro atoms. The summed E-state index contributed by atoms with van der Waals surface area (Å²) in [6.07, 6.45) is 0. The quantitative estimate of drug-likeness (QED) is 0.521. The molecule has 3 aromatic rings. The fourth-order valence-electron chi connectivity index (χ4n) is 2.66. The number of aryl methyl sites for hydroxylation is 1. The van der Waals surface area contributed by atoms with Crippen LogP contribution >= 0.6 is 11.8 Å². The molecule has 0 bridgehead atoms. The lowest BCUT2D eigenvalue weighted by molar-refractivity contribution is -0.114. The summed E-state index contributed by atoms with van der Waals surface area (Å²) in [5.74, 6) is 0.896. The van der Waals surface area contributed by atoms with Gasteiger partial charge in [-0.15, -0.1) is 10.2 Å². The third kappa shape index (κ3) is 4.43. The molecule has 27 heavy (non-hydrogen) atoms. The van der Waals surface area contributed by atoms with Crippen molar-refractivity contribution in [2.75, 3.05) is 11.1 Å². The molecule has 1 N–H and O–H groups in total. The largest absolute Gasteiger partial charge is 0.326 e. The number of benzene rings is 2. The third-order valence-electron chi connectivity index (χ3n) is 4.08. The second-order valence-corrected chi connectivity index (χ2v) is 7.09. The maximum Gasteiger partial charge on any atom is 0.221 e. The summed E-state index contributed by atoms with van der Waals surface area (Å²) in [4.78, 5) is 23.5. The molecule has 0 saturated carbocycles. The minimum absolute atomic E-state index is 0.00480. The van der Waals surface area contributed by atoms with Crippen LogP contribution in [0.1, 0.15) is 22.8 Å².